The molecule has 104 valence electrons. The van der Waals surface area contributed by atoms with Gasteiger partial charge >= 0.3 is 0 Å². The molecule has 0 spiro atoms. The maximum Gasteiger partial charge on any atom is 0.273 e. The second-order valence-corrected chi connectivity index (χ2v) is 5.06. The van der Waals surface area contributed by atoms with Gasteiger partial charge in [0.05, 0.1) is 22.6 Å². The molecule has 0 saturated carbocycles. The molecule has 0 aliphatic carbocycles. The van der Waals surface area contributed by atoms with Crippen molar-refractivity contribution in [3.63, 3.8) is 0 Å². The van der Waals surface area contributed by atoms with Crippen LogP contribution in [0.25, 0.3) is 0 Å². The van der Waals surface area contributed by atoms with Gasteiger partial charge in [0.15, 0.2) is 0 Å². The van der Waals surface area contributed by atoms with E-state index in [4.69, 9.17) is 16.3 Å². The molecule has 6 heteroatoms. The number of nitrogens with zero attached hydrogens (tertiary/aromatic N) is 1. The molecule has 1 aliphatic heterocycles. The minimum absolute atomic E-state index is 0.00291. The maximum absolute atomic E-state index is 10.7. The summed E-state index contributed by atoms with van der Waals surface area (Å²) in [6.07, 6.45) is 4.43. The first-order chi connectivity index (χ1) is 9.16. The average molecular weight is 285 g/mol. The molecule has 1 unspecified atom stereocenters. The SMILES string of the molecule is O=[N+]([O-])c1ccc(Cl)c(OCCCC2CCCN2)c1. The van der Waals surface area contributed by atoms with Crippen LogP contribution in [-0.2, 0) is 0 Å². The van der Waals surface area contributed by atoms with Gasteiger partial charge in [-0.15, -0.1) is 0 Å². The monoisotopic (exact) mass is 284 g/mol. The van der Waals surface area contributed by atoms with E-state index < -0.39 is 4.92 Å². The van der Waals surface area contributed by atoms with Crippen LogP contribution in [0.4, 0.5) is 5.69 Å². The lowest BCUT2D eigenvalue weighted by atomic mass is 10.1. The molecule has 1 aliphatic rings. The van der Waals surface area contributed by atoms with Gasteiger partial charge in [0, 0.05) is 12.1 Å². The molecule has 5 nitrogen and oxygen atoms in total. The minimum Gasteiger partial charge on any atom is -0.492 e. The zero-order valence-electron chi connectivity index (χ0n) is 10.6. The topological polar surface area (TPSA) is 64.4 Å². The first kappa shape index (κ1) is 14.1. The Morgan fingerprint density at radius 2 is 2.37 bits per heavy atom. The highest BCUT2D eigenvalue weighted by Crippen LogP contribution is 2.29. The van der Waals surface area contributed by atoms with Crippen LogP contribution in [-0.4, -0.2) is 24.1 Å². The van der Waals surface area contributed by atoms with Gasteiger partial charge in [-0.05, 0) is 38.3 Å². The Bertz CT molecular complexity index is 448. The first-order valence-corrected chi connectivity index (χ1v) is 6.85. The van der Waals surface area contributed by atoms with Crippen LogP contribution >= 0.6 is 11.6 Å². The molecule has 1 aromatic carbocycles. The molecule has 0 bridgehead atoms. The normalized spacial score (nSPS) is 18.5. The summed E-state index contributed by atoms with van der Waals surface area (Å²) in [6.45, 7) is 1.63. The van der Waals surface area contributed by atoms with E-state index in [1.54, 1.807) is 0 Å². The van der Waals surface area contributed by atoms with Crippen molar-refractivity contribution in [3.8, 4) is 5.75 Å². The molecule has 0 aromatic heterocycles. The smallest absolute Gasteiger partial charge is 0.273 e. The fraction of sp³-hybridized carbons (Fsp3) is 0.538. The number of hydrogen-bond donors (Lipinski definition) is 1. The molecule has 1 heterocycles. The lowest BCUT2D eigenvalue weighted by molar-refractivity contribution is -0.384. The number of nitro groups is 1. The van der Waals surface area contributed by atoms with Crippen LogP contribution in [0, 0.1) is 10.1 Å². The number of hydrogen-bond acceptors (Lipinski definition) is 4. The van der Waals surface area contributed by atoms with Gasteiger partial charge < -0.3 is 10.1 Å². The van der Waals surface area contributed by atoms with Gasteiger partial charge in [-0.1, -0.05) is 11.6 Å². The van der Waals surface area contributed by atoms with E-state index >= 15 is 0 Å². The number of non-ortho nitro benzene ring substituents is 1. The maximum atomic E-state index is 10.7. The van der Waals surface area contributed by atoms with Gasteiger partial charge in [0.1, 0.15) is 5.75 Å². The summed E-state index contributed by atoms with van der Waals surface area (Å²) in [5, 5.41) is 14.5. The second kappa shape index (κ2) is 6.73. The zero-order chi connectivity index (χ0) is 13.7. The molecule has 1 N–H and O–H groups in total. The molecule has 0 amide bonds. The van der Waals surface area contributed by atoms with E-state index in [0.717, 1.165) is 19.4 Å². The predicted octanol–water partition coefficient (Wildman–Crippen LogP) is 3.16. The second-order valence-electron chi connectivity index (χ2n) is 4.66. The van der Waals surface area contributed by atoms with Crippen LogP contribution in [0.3, 0.4) is 0 Å². The quantitative estimate of drug-likeness (QED) is 0.495. The summed E-state index contributed by atoms with van der Waals surface area (Å²) >= 11 is 5.95. The third-order valence-electron chi connectivity index (χ3n) is 3.24. The Balaban J connectivity index is 1.81. The summed E-state index contributed by atoms with van der Waals surface area (Å²) in [5.74, 6) is 0.384. The predicted molar refractivity (Wildman–Crippen MR) is 73.9 cm³/mol. The molecule has 0 radical (unpaired) electrons. The van der Waals surface area contributed by atoms with Crippen LogP contribution in [0.5, 0.6) is 5.75 Å². The largest absolute Gasteiger partial charge is 0.492 e. The van der Waals surface area contributed by atoms with Crippen molar-refractivity contribution in [1.82, 2.24) is 5.32 Å². The zero-order valence-corrected chi connectivity index (χ0v) is 11.4. The van der Waals surface area contributed by atoms with Gasteiger partial charge in [-0.25, -0.2) is 0 Å². The van der Waals surface area contributed by atoms with Gasteiger partial charge in [0.25, 0.3) is 5.69 Å². The summed E-state index contributed by atoms with van der Waals surface area (Å²) in [5.41, 5.74) is -0.00291. The highest BCUT2D eigenvalue weighted by Gasteiger charge is 2.14. The summed E-state index contributed by atoms with van der Waals surface area (Å²) in [6, 6.07) is 4.82. The van der Waals surface area contributed by atoms with Crippen molar-refractivity contribution < 1.29 is 9.66 Å². The molecule has 2 rings (SSSR count). The number of nitrogens with one attached hydrogen (secondary N) is 1. The minimum atomic E-state index is -0.453. The third kappa shape index (κ3) is 4.08. The highest BCUT2D eigenvalue weighted by atomic mass is 35.5. The van der Waals surface area contributed by atoms with Crippen molar-refractivity contribution in [1.29, 1.82) is 0 Å². The average Bonchev–Trinajstić information content (AvgIpc) is 2.89. The summed E-state index contributed by atoms with van der Waals surface area (Å²) in [7, 11) is 0. The highest BCUT2D eigenvalue weighted by molar-refractivity contribution is 6.32. The number of nitro benzene ring substituents is 1. The fourth-order valence-corrected chi connectivity index (χ4v) is 2.40. The van der Waals surface area contributed by atoms with E-state index in [1.807, 2.05) is 0 Å². The Labute approximate surface area is 117 Å². The van der Waals surface area contributed by atoms with Crippen LogP contribution in [0.1, 0.15) is 25.7 Å². The van der Waals surface area contributed by atoms with Crippen LogP contribution in [0.15, 0.2) is 18.2 Å². The van der Waals surface area contributed by atoms with Crippen LogP contribution < -0.4 is 10.1 Å². The lowest BCUT2D eigenvalue weighted by Gasteiger charge is -2.11. The molecule has 1 aromatic rings. The molecule has 19 heavy (non-hydrogen) atoms. The van der Waals surface area contributed by atoms with Crippen molar-refractivity contribution >= 4 is 17.3 Å². The Morgan fingerprint density at radius 3 is 3.05 bits per heavy atom. The third-order valence-corrected chi connectivity index (χ3v) is 3.55. The van der Waals surface area contributed by atoms with Gasteiger partial charge in [-0.3, -0.25) is 10.1 Å². The van der Waals surface area contributed by atoms with Gasteiger partial charge in [-0.2, -0.15) is 0 Å². The van der Waals surface area contributed by atoms with E-state index in [1.165, 1.54) is 31.0 Å². The Kier molecular flexibility index (Phi) is 4.99. The number of halogens is 1. The fourth-order valence-electron chi connectivity index (χ4n) is 2.23. The Morgan fingerprint density at radius 1 is 1.53 bits per heavy atom. The molecular weight excluding hydrogens is 268 g/mol. The number of benzene rings is 1. The molecule has 1 atom stereocenters. The molecule has 1 fully saturated rings. The number of ether oxygens (including phenoxy) is 1. The Hall–Kier alpha value is -1.33. The summed E-state index contributed by atoms with van der Waals surface area (Å²) < 4.78 is 5.52. The van der Waals surface area contributed by atoms with Crippen LogP contribution in [0.2, 0.25) is 5.02 Å². The van der Waals surface area contributed by atoms with E-state index in [0.29, 0.717) is 23.4 Å². The molecular formula is C13H17ClN2O3. The van der Waals surface area contributed by atoms with Crippen molar-refractivity contribution in [2.24, 2.45) is 0 Å². The number of rotatable bonds is 6. The standard InChI is InChI=1S/C13H17ClN2O3/c14-12-6-5-11(16(17)18)9-13(12)19-8-2-4-10-3-1-7-15-10/h5-6,9-10,15H,1-4,7-8H2. The first-order valence-electron chi connectivity index (χ1n) is 6.47. The lowest BCUT2D eigenvalue weighted by Crippen LogP contribution is -2.21. The van der Waals surface area contributed by atoms with Crippen molar-refractivity contribution in [2.75, 3.05) is 13.2 Å². The van der Waals surface area contributed by atoms with Gasteiger partial charge in [0.2, 0.25) is 0 Å². The van der Waals surface area contributed by atoms with Crippen molar-refractivity contribution in [3.05, 3.63) is 33.3 Å². The molecule has 1 saturated heterocycles. The summed E-state index contributed by atoms with van der Waals surface area (Å²) in [4.78, 5) is 10.2. The van der Waals surface area contributed by atoms with E-state index in [-0.39, 0.29) is 5.69 Å². The van der Waals surface area contributed by atoms with E-state index in [9.17, 15) is 10.1 Å². The van der Waals surface area contributed by atoms with Crippen molar-refractivity contribution in [2.45, 2.75) is 31.7 Å². The van der Waals surface area contributed by atoms with E-state index in [2.05, 4.69) is 5.32 Å².